The highest BCUT2D eigenvalue weighted by Gasteiger charge is 2.25. The zero-order valence-electron chi connectivity index (χ0n) is 23.6. The number of esters is 1. The summed E-state index contributed by atoms with van der Waals surface area (Å²) in [6, 6.07) is 34.2. The Balaban J connectivity index is 1.33. The lowest BCUT2D eigenvalue weighted by molar-refractivity contribution is -0.149. The van der Waals surface area contributed by atoms with Gasteiger partial charge in [0.1, 0.15) is 18.9 Å². The van der Waals surface area contributed by atoms with Gasteiger partial charge >= 0.3 is 5.97 Å². The standard InChI is InChI=1S/C34H39N5O3/c35-30(22-24-13-17-28(18-14-24)26-8-3-1-4-9-26)32(40)39-31(12-7-21-38-34(36)37)33(41)42-23-25-15-19-29(20-16-25)27-10-5-2-6-11-27/h1-6,8-11,13-20,30-31,34,38H,7,12,21-23,35-37H2,(H,39,40)/t30-,31-/m0/s1. The second-order valence-corrected chi connectivity index (χ2v) is 10.2. The molecule has 0 aliphatic carbocycles. The van der Waals surface area contributed by atoms with E-state index in [1.54, 1.807) is 0 Å². The van der Waals surface area contributed by atoms with E-state index in [9.17, 15) is 9.59 Å². The summed E-state index contributed by atoms with van der Waals surface area (Å²) in [4.78, 5) is 26.1. The van der Waals surface area contributed by atoms with E-state index >= 15 is 0 Å². The van der Waals surface area contributed by atoms with Crippen molar-refractivity contribution in [2.75, 3.05) is 6.54 Å². The number of nitrogens with one attached hydrogen (secondary N) is 2. The highest BCUT2D eigenvalue weighted by molar-refractivity contribution is 5.87. The van der Waals surface area contributed by atoms with Crippen LogP contribution in [0.5, 0.6) is 0 Å². The lowest BCUT2D eigenvalue weighted by atomic mass is 10.0. The Labute approximate surface area is 247 Å². The highest BCUT2D eigenvalue weighted by atomic mass is 16.5. The number of nitrogens with two attached hydrogens (primary N) is 3. The van der Waals surface area contributed by atoms with Crippen LogP contribution in [0, 0.1) is 0 Å². The minimum Gasteiger partial charge on any atom is -0.459 e. The van der Waals surface area contributed by atoms with E-state index in [-0.39, 0.29) is 6.61 Å². The molecule has 0 aliphatic heterocycles. The molecule has 8 nitrogen and oxygen atoms in total. The van der Waals surface area contributed by atoms with Crippen molar-refractivity contribution < 1.29 is 14.3 Å². The van der Waals surface area contributed by atoms with Crippen LogP contribution >= 0.6 is 0 Å². The van der Waals surface area contributed by atoms with Crippen molar-refractivity contribution in [3.05, 3.63) is 120 Å². The average molecular weight is 566 g/mol. The summed E-state index contributed by atoms with van der Waals surface area (Å²) in [7, 11) is 0. The van der Waals surface area contributed by atoms with Crippen LogP contribution in [0.2, 0.25) is 0 Å². The van der Waals surface area contributed by atoms with E-state index in [1.165, 1.54) is 0 Å². The Morgan fingerprint density at radius 2 is 1.17 bits per heavy atom. The Hall–Kier alpha value is -4.34. The van der Waals surface area contributed by atoms with E-state index in [0.29, 0.717) is 25.8 Å². The van der Waals surface area contributed by atoms with Crippen molar-refractivity contribution in [3.8, 4) is 22.3 Å². The Bertz CT molecular complexity index is 1400. The summed E-state index contributed by atoms with van der Waals surface area (Å²) in [6.07, 6.45) is 0.563. The molecule has 8 heteroatoms. The highest BCUT2D eigenvalue weighted by Crippen LogP contribution is 2.21. The molecule has 0 saturated heterocycles. The maximum absolute atomic E-state index is 13.1. The molecule has 0 spiro atoms. The van der Waals surface area contributed by atoms with Crippen LogP contribution in [-0.4, -0.2) is 36.8 Å². The monoisotopic (exact) mass is 565 g/mol. The Morgan fingerprint density at radius 1 is 0.667 bits per heavy atom. The van der Waals surface area contributed by atoms with E-state index < -0.39 is 30.2 Å². The van der Waals surface area contributed by atoms with Gasteiger partial charge in [-0.1, -0.05) is 109 Å². The first-order chi connectivity index (χ1) is 20.4. The normalized spacial score (nSPS) is 12.5. The van der Waals surface area contributed by atoms with Gasteiger partial charge in [0.2, 0.25) is 5.91 Å². The molecule has 0 aromatic heterocycles. The first-order valence-corrected chi connectivity index (χ1v) is 14.1. The quantitative estimate of drug-likeness (QED) is 0.0891. The van der Waals surface area contributed by atoms with Gasteiger partial charge in [-0.25, -0.2) is 4.79 Å². The van der Waals surface area contributed by atoms with Crippen LogP contribution in [0.3, 0.4) is 0 Å². The molecule has 42 heavy (non-hydrogen) atoms. The molecule has 1 amide bonds. The van der Waals surface area contributed by atoms with Crippen molar-refractivity contribution in [2.45, 2.75) is 44.2 Å². The van der Waals surface area contributed by atoms with Crippen LogP contribution in [0.4, 0.5) is 0 Å². The van der Waals surface area contributed by atoms with E-state index in [0.717, 1.165) is 33.4 Å². The molecule has 0 heterocycles. The molecule has 2 atom stereocenters. The summed E-state index contributed by atoms with van der Waals surface area (Å²) < 4.78 is 5.60. The van der Waals surface area contributed by atoms with Gasteiger partial charge in [-0.05, 0) is 59.2 Å². The summed E-state index contributed by atoms with van der Waals surface area (Å²) in [6.45, 7) is 0.574. The zero-order chi connectivity index (χ0) is 29.7. The molecule has 4 rings (SSSR count). The molecule has 0 radical (unpaired) electrons. The number of hydrogen-bond acceptors (Lipinski definition) is 7. The van der Waals surface area contributed by atoms with Crippen molar-refractivity contribution in [1.29, 1.82) is 0 Å². The lowest BCUT2D eigenvalue weighted by Crippen LogP contribution is -2.50. The number of rotatable bonds is 14. The Morgan fingerprint density at radius 3 is 1.69 bits per heavy atom. The minimum atomic E-state index is -0.858. The second kappa shape index (κ2) is 15.6. The van der Waals surface area contributed by atoms with Crippen molar-refractivity contribution in [2.24, 2.45) is 17.2 Å². The number of amides is 1. The summed E-state index contributed by atoms with van der Waals surface area (Å²) in [5, 5.41) is 5.71. The van der Waals surface area contributed by atoms with E-state index in [1.807, 2.05) is 109 Å². The van der Waals surface area contributed by atoms with Crippen LogP contribution in [-0.2, 0) is 27.4 Å². The van der Waals surface area contributed by atoms with E-state index in [4.69, 9.17) is 21.9 Å². The molecule has 0 bridgehead atoms. The number of ether oxygens (including phenoxy) is 1. The van der Waals surface area contributed by atoms with Crippen LogP contribution < -0.4 is 27.8 Å². The topological polar surface area (TPSA) is 145 Å². The van der Waals surface area contributed by atoms with Crippen molar-refractivity contribution >= 4 is 11.9 Å². The first-order valence-electron chi connectivity index (χ1n) is 14.1. The van der Waals surface area contributed by atoms with Gasteiger partial charge in [0.15, 0.2) is 0 Å². The molecular weight excluding hydrogens is 526 g/mol. The van der Waals surface area contributed by atoms with Crippen LogP contribution in [0.1, 0.15) is 24.0 Å². The summed E-state index contributed by atoms with van der Waals surface area (Å²) >= 11 is 0. The predicted molar refractivity (Wildman–Crippen MR) is 167 cm³/mol. The summed E-state index contributed by atoms with van der Waals surface area (Å²) in [5.74, 6) is -0.938. The van der Waals surface area contributed by atoms with Crippen LogP contribution in [0.25, 0.3) is 22.3 Å². The molecule has 0 saturated carbocycles. The first kappa shape index (κ1) is 30.6. The summed E-state index contributed by atoms with van der Waals surface area (Å²) in [5.41, 5.74) is 23.5. The van der Waals surface area contributed by atoms with Crippen molar-refractivity contribution in [1.82, 2.24) is 10.6 Å². The third-order valence-corrected chi connectivity index (χ3v) is 6.95. The smallest absolute Gasteiger partial charge is 0.328 e. The molecule has 0 aliphatic rings. The van der Waals surface area contributed by atoms with Gasteiger partial charge < -0.3 is 27.3 Å². The van der Waals surface area contributed by atoms with Crippen LogP contribution in [0.15, 0.2) is 109 Å². The minimum absolute atomic E-state index is 0.0893. The van der Waals surface area contributed by atoms with Gasteiger partial charge in [-0.15, -0.1) is 0 Å². The number of carbonyl (C=O) groups excluding carboxylic acids is 2. The zero-order valence-corrected chi connectivity index (χ0v) is 23.6. The third-order valence-electron chi connectivity index (χ3n) is 6.95. The maximum atomic E-state index is 13.1. The van der Waals surface area contributed by atoms with Gasteiger partial charge in [0, 0.05) is 0 Å². The molecule has 4 aromatic rings. The molecule has 0 unspecified atom stereocenters. The van der Waals surface area contributed by atoms with Gasteiger partial charge in [-0.2, -0.15) is 0 Å². The SMILES string of the molecule is NC(N)NCCC[C@H](NC(=O)[C@@H](N)Cc1ccc(-c2ccccc2)cc1)C(=O)OCc1ccc(-c2ccccc2)cc1. The van der Waals surface area contributed by atoms with E-state index in [2.05, 4.69) is 10.6 Å². The molecule has 0 fully saturated rings. The fraction of sp³-hybridized carbons (Fsp3) is 0.235. The fourth-order valence-electron chi connectivity index (χ4n) is 4.59. The lowest BCUT2D eigenvalue weighted by Gasteiger charge is -2.21. The number of benzene rings is 4. The second-order valence-electron chi connectivity index (χ2n) is 10.2. The largest absolute Gasteiger partial charge is 0.459 e. The molecule has 8 N–H and O–H groups in total. The predicted octanol–water partition coefficient (Wildman–Crippen LogP) is 3.69. The van der Waals surface area contributed by atoms with Gasteiger partial charge in [0.05, 0.1) is 6.04 Å². The maximum Gasteiger partial charge on any atom is 0.328 e. The number of carbonyl (C=O) groups is 2. The molecular formula is C34H39N5O3. The third kappa shape index (κ3) is 9.36. The van der Waals surface area contributed by atoms with Crippen molar-refractivity contribution in [3.63, 3.8) is 0 Å². The van der Waals surface area contributed by atoms with Gasteiger partial charge in [-0.3, -0.25) is 10.1 Å². The van der Waals surface area contributed by atoms with Gasteiger partial charge in [0.25, 0.3) is 0 Å². The number of hydrogen-bond donors (Lipinski definition) is 5. The fourth-order valence-corrected chi connectivity index (χ4v) is 4.59. The average Bonchev–Trinajstić information content (AvgIpc) is 3.02. The molecule has 4 aromatic carbocycles. The molecule has 218 valence electrons. The Kier molecular flexibility index (Phi) is 11.4.